The smallest absolute Gasteiger partial charge is 0.303 e. The number of carbonyl (C=O) groups is 1. The maximum atomic E-state index is 15.3. The zero-order valence-electron chi connectivity index (χ0n) is 20.2. The van der Waals surface area contributed by atoms with Crippen LogP contribution < -0.4 is 10.2 Å². The molecule has 2 N–H and O–H groups in total. The van der Waals surface area contributed by atoms with Crippen LogP contribution in [0.4, 0.5) is 24.7 Å². The molecule has 0 radical (unpaired) electrons. The van der Waals surface area contributed by atoms with Crippen LogP contribution in [0.25, 0.3) is 10.9 Å². The summed E-state index contributed by atoms with van der Waals surface area (Å²) >= 11 is 0. The van der Waals surface area contributed by atoms with Gasteiger partial charge in [0.15, 0.2) is 0 Å². The lowest BCUT2D eigenvalue weighted by molar-refractivity contribution is -0.170. The SMILES string of the molecule is Cc1nc(NC(C)c2cccc(C(F)(F)C(C)(C)O)c2F)c2cc3c(cc2n1)C1(CC1)C(=O)N3C. The van der Waals surface area contributed by atoms with Crippen LogP contribution in [0.15, 0.2) is 30.3 Å². The highest BCUT2D eigenvalue weighted by Gasteiger charge is 2.58. The summed E-state index contributed by atoms with van der Waals surface area (Å²) < 4.78 is 44.8. The van der Waals surface area contributed by atoms with Gasteiger partial charge in [0, 0.05) is 23.7 Å². The van der Waals surface area contributed by atoms with Crippen molar-refractivity contribution < 1.29 is 23.1 Å². The minimum absolute atomic E-state index is 0.0150. The van der Waals surface area contributed by atoms with E-state index < -0.39 is 34.4 Å². The highest BCUT2D eigenvalue weighted by Crippen LogP contribution is 2.57. The van der Waals surface area contributed by atoms with E-state index in [-0.39, 0.29) is 11.5 Å². The first-order valence-electron chi connectivity index (χ1n) is 11.5. The van der Waals surface area contributed by atoms with Gasteiger partial charge < -0.3 is 15.3 Å². The number of nitrogens with zero attached hydrogens (tertiary/aromatic N) is 3. The maximum Gasteiger partial charge on any atom is 0.303 e. The van der Waals surface area contributed by atoms with Crippen LogP contribution in [0.3, 0.4) is 0 Å². The van der Waals surface area contributed by atoms with E-state index >= 15 is 4.39 Å². The third-order valence-corrected chi connectivity index (χ3v) is 7.22. The number of hydrogen-bond donors (Lipinski definition) is 2. The van der Waals surface area contributed by atoms with E-state index in [4.69, 9.17) is 0 Å². The molecule has 5 rings (SSSR count). The van der Waals surface area contributed by atoms with E-state index in [0.29, 0.717) is 22.5 Å². The standard InChI is InChI=1S/C26H27F3N4O2/c1-13(15-7-6-8-17(21(15)27)26(28,29)24(3,4)35)30-22-16-11-20-18(12-19(16)31-14(2)32-22)25(9-10-25)23(34)33(20)5/h6-8,11-13,35H,9-10H2,1-5H3,(H,30,31,32). The number of anilines is 2. The maximum absolute atomic E-state index is 15.3. The largest absolute Gasteiger partial charge is 0.384 e. The average molecular weight is 485 g/mol. The Kier molecular flexibility index (Phi) is 4.98. The molecule has 0 bridgehead atoms. The number of halogens is 3. The minimum atomic E-state index is -3.79. The molecule has 184 valence electrons. The number of amides is 1. The topological polar surface area (TPSA) is 78.4 Å². The van der Waals surface area contributed by atoms with Gasteiger partial charge in [-0.3, -0.25) is 4.79 Å². The van der Waals surface area contributed by atoms with Crippen molar-refractivity contribution in [1.82, 2.24) is 9.97 Å². The van der Waals surface area contributed by atoms with Gasteiger partial charge in [-0.05, 0) is 64.3 Å². The van der Waals surface area contributed by atoms with Crippen molar-refractivity contribution in [2.45, 2.75) is 63.5 Å². The Bertz CT molecular complexity index is 1380. The molecule has 1 atom stereocenters. The summed E-state index contributed by atoms with van der Waals surface area (Å²) in [6, 6.07) is 6.81. The summed E-state index contributed by atoms with van der Waals surface area (Å²) in [4.78, 5) is 23.5. The number of rotatable bonds is 5. The van der Waals surface area contributed by atoms with Gasteiger partial charge in [0.2, 0.25) is 5.91 Å². The summed E-state index contributed by atoms with van der Waals surface area (Å²) in [5.41, 5.74) is -1.33. The van der Waals surface area contributed by atoms with Crippen LogP contribution in [-0.2, 0) is 16.1 Å². The zero-order valence-corrected chi connectivity index (χ0v) is 20.2. The molecule has 9 heteroatoms. The Morgan fingerprint density at radius 1 is 1.20 bits per heavy atom. The van der Waals surface area contributed by atoms with Crippen molar-refractivity contribution >= 4 is 28.3 Å². The Balaban J connectivity index is 1.56. The second-order valence-electron chi connectivity index (χ2n) is 10.2. The zero-order chi connectivity index (χ0) is 25.5. The van der Waals surface area contributed by atoms with Crippen molar-refractivity contribution in [3.63, 3.8) is 0 Å². The Hall–Kier alpha value is -3.20. The number of aliphatic hydroxyl groups is 1. The number of alkyl halides is 2. The van der Waals surface area contributed by atoms with E-state index in [2.05, 4.69) is 15.3 Å². The molecule has 2 heterocycles. The molecule has 1 saturated carbocycles. The van der Waals surface area contributed by atoms with E-state index in [9.17, 15) is 18.7 Å². The van der Waals surface area contributed by atoms with Gasteiger partial charge in [-0.2, -0.15) is 8.78 Å². The molecule has 0 saturated heterocycles. The Labute approximate surface area is 201 Å². The molecule has 1 aliphatic carbocycles. The predicted molar refractivity (Wildman–Crippen MR) is 127 cm³/mol. The normalized spacial score (nSPS) is 17.7. The molecular weight excluding hydrogens is 457 g/mol. The summed E-state index contributed by atoms with van der Waals surface area (Å²) in [5, 5.41) is 13.7. The lowest BCUT2D eigenvalue weighted by atomic mass is 9.91. The van der Waals surface area contributed by atoms with Crippen molar-refractivity contribution in [3.8, 4) is 0 Å². The summed E-state index contributed by atoms with van der Waals surface area (Å²) in [5.74, 6) is -3.91. The van der Waals surface area contributed by atoms with Crippen LogP contribution in [0.1, 0.15) is 62.2 Å². The lowest BCUT2D eigenvalue weighted by Crippen LogP contribution is -2.41. The fraction of sp³-hybridized carbons (Fsp3) is 0.423. The van der Waals surface area contributed by atoms with E-state index in [1.807, 2.05) is 12.1 Å². The van der Waals surface area contributed by atoms with Crippen LogP contribution in [-0.4, -0.2) is 33.6 Å². The third-order valence-electron chi connectivity index (χ3n) is 7.22. The highest BCUT2D eigenvalue weighted by molar-refractivity contribution is 6.12. The van der Waals surface area contributed by atoms with Crippen LogP contribution in [0.2, 0.25) is 0 Å². The van der Waals surface area contributed by atoms with Gasteiger partial charge >= 0.3 is 5.92 Å². The van der Waals surface area contributed by atoms with E-state index in [1.54, 1.807) is 25.8 Å². The molecule has 1 aliphatic heterocycles. The quantitative estimate of drug-likeness (QED) is 0.526. The van der Waals surface area contributed by atoms with Gasteiger partial charge in [-0.15, -0.1) is 0 Å². The summed E-state index contributed by atoms with van der Waals surface area (Å²) in [6.07, 6.45) is 1.62. The number of nitrogens with one attached hydrogen (secondary N) is 1. The lowest BCUT2D eigenvalue weighted by Gasteiger charge is -2.30. The number of likely N-dealkylation sites (N-methyl/N-ethyl adjacent to an activating group) is 1. The van der Waals surface area contributed by atoms with Gasteiger partial charge in [0.05, 0.1) is 22.5 Å². The number of benzene rings is 2. The van der Waals surface area contributed by atoms with Gasteiger partial charge in [0.25, 0.3) is 0 Å². The molecule has 1 unspecified atom stereocenters. The molecule has 1 spiro atoms. The van der Waals surface area contributed by atoms with Gasteiger partial charge in [-0.25, -0.2) is 14.4 Å². The molecule has 3 aromatic rings. The van der Waals surface area contributed by atoms with E-state index in [0.717, 1.165) is 44.0 Å². The second-order valence-corrected chi connectivity index (χ2v) is 10.2. The molecule has 2 aromatic carbocycles. The van der Waals surface area contributed by atoms with Gasteiger partial charge in [0.1, 0.15) is 23.1 Å². The second kappa shape index (κ2) is 7.40. The van der Waals surface area contributed by atoms with Crippen molar-refractivity contribution in [1.29, 1.82) is 0 Å². The Morgan fingerprint density at radius 3 is 2.51 bits per heavy atom. The van der Waals surface area contributed by atoms with Crippen molar-refractivity contribution in [3.05, 3.63) is 58.7 Å². The van der Waals surface area contributed by atoms with Crippen LogP contribution >= 0.6 is 0 Å². The van der Waals surface area contributed by atoms with Crippen molar-refractivity contribution in [2.24, 2.45) is 0 Å². The Morgan fingerprint density at radius 2 is 1.89 bits per heavy atom. The van der Waals surface area contributed by atoms with E-state index in [1.165, 1.54) is 12.1 Å². The molecule has 1 aromatic heterocycles. The molecule has 6 nitrogen and oxygen atoms in total. The summed E-state index contributed by atoms with van der Waals surface area (Å²) in [6.45, 7) is 5.28. The number of aromatic nitrogens is 2. The monoisotopic (exact) mass is 484 g/mol. The first-order chi connectivity index (χ1) is 16.3. The van der Waals surface area contributed by atoms with Crippen LogP contribution in [0.5, 0.6) is 0 Å². The average Bonchev–Trinajstić information content (AvgIpc) is 3.55. The number of carbonyl (C=O) groups excluding carboxylic acids is 1. The first-order valence-corrected chi connectivity index (χ1v) is 11.5. The highest BCUT2D eigenvalue weighted by atomic mass is 19.3. The number of hydrogen-bond acceptors (Lipinski definition) is 5. The fourth-order valence-corrected chi connectivity index (χ4v) is 4.94. The number of aryl methyl sites for hydroxylation is 1. The fourth-order valence-electron chi connectivity index (χ4n) is 4.94. The molecular formula is C26H27F3N4O2. The molecule has 2 aliphatic rings. The summed E-state index contributed by atoms with van der Waals surface area (Å²) in [7, 11) is 1.74. The molecule has 1 fully saturated rings. The number of fused-ring (bicyclic) bond motifs is 3. The molecule has 1 amide bonds. The van der Waals surface area contributed by atoms with Crippen molar-refractivity contribution in [2.75, 3.05) is 17.3 Å². The first kappa shape index (κ1) is 23.5. The molecule has 35 heavy (non-hydrogen) atoms. The van der Waals surface area contributed by atoms with Gasteiger partial charge in [-0.1, -0.05) is 12.1 Å². The minimum Gasteiger partial charge on any atom is -0.384 e. The predicted octanol–water partition coefficient (Wildman–Crippen LogP) is 5.12. The third kappa shape index (κ3) is 3.39. The van der Waals surface area contributed by atoms with Crippen LogP contribution in [0, 0.1) is 12.7 Å².